The van der Waals surface area contributed by atoms with Crippen LogP contribution in [0.15, 0.2) is 53.7 Å². The van der Waals surface area contributed by atoms with Crippen molar-refractivity contribution < 1.29 is 34.1 Å². The number of rotatable bonds is 8. The zero-order chi connectivity index (χ0) is 22.5. The van der Waals surface area contributed by atoms with E-state index in [1.54, 1.807) is 31.4 Å². The molecule has 3 N–H and O–H groups in total. The Labute approximate surface area is 178 Å². The highest BCUT2D eigenvalue weighted by Gasteiger charge is 2.35. The van der Waals surface area contributed by atoms with E-state index in [1.165, 1.54) is 18.1 Å². The molecule has 9 heteroatoms. The van der Waals surface area contributed by atoms with Crippen LogP contribution in [0.25, 0.3) is 11.1 Å². The number of carboxylic acids is 1. The summed E-state index contributed by atoms with van der Waals surface area (Å²) in [6.07, 6.45) is 0. The fraction of sp³-hybridized carbons (Fsp3) is 0.227. The van der Waals surface area contributed by atoms with E-state index >= 15 is 0 Å². The van der Waals surface area contributed by atoms with Crippen molar-refractivity contribution >= 4 is 23.5 Å². The predicted molar refractivity (Wildman–Crippen MR) is 112 cm³/mol. The van der Waals surface area contributed by atoms with Crippen LogP contribution in [0.4, 0.5) is 5.69 Å². The largest absolute Gasteiger partial charge is 0.497 e. The number of aromatic carboxylic acids is 1. The minimum Gasteiger partial charge on any atom is -0.497 e. The van der Waals surface area contributed by atoms with Crippen LogP contribution in [0.3, 0.4) is 0 Å². The number of hydrogen-bond donors (Lipinski definition) is 3. The van der Waals surface area contributed by atoms with Gasteiger partial charge in [0.05, 0.1) is 44.2 Å². The van der Waals surface area contributed by atoms with Crippen molar-refractivity contribution in [1.29, 1.82) is 0 Å². The molecular formula is C22H22N2O7. The molecule has 0 aliphatic carbocycles. The lowest BCUT2D eigenvalue weighted by molar-refractivity contribution is -0.136. The number of aliphatic hydroxyl groups excluding tert-OH is 1. The van der Waals surface area contributed by atoms with Gasteiger partial charge in [0.15, 0.2) is 0 Å². The lowest BCUT2D eigenvalue weighted by Crippen LogP contribution is -2.31. The van der Waals surface area contributed by atoms with Crippen molar-refractivity contribution in [3.63, 3.8) is 0 Å². The van der Waals surface area contributed by atoms with E-state index in [9.17, 15) is 24.6 Å². The maximum absolute atomic E-state index is 12.8. The van der Waals surface area contributed by atoms with Gasteiger partial charge in [-0.1, -0.05) is 18.2 Å². The van der Waals surface area contributed by atoms with Gasteiger partial charge in [0.1, 0.15) is 11.4 Å². The Kier molecular flexibility index (Phi) is 6.56. The quantitative estimate of drug-likeness (QED) is 0.545. The molecule has 0 saturated heterocycles. The highest BCUT2D eigenvalue weighted by atomic mass is 16.5. The van der Waals surface area contributed by atoms with Gasteiger partial charge in [0, 0.05) is 6.54 Å². The summed E-state index contributed by atoms with van der Waals surface area (Å²) in [5.74, 6) is -1.75. The zero-order valence-electron chi connectivity index (χ0n) is 17.0. The second-order valence-corrected chi connectivity index (χ2v) is 6.71. The number of nitrogens with zero attached hydrogens (tertiary/aromatic N) is 1. The van der Waals surface area contributed by atoms with Crippen LogP contribution in [-0.2, 0) is 14.3 Å². The van der Waals surface area contributed by atoms with Crippen molar-refractivity contribution in [3.05, 3.63) is 59.3 Å². The van der Waals surface area contributed by atoms with Gasteiger partial charge in [-0.15, -0.1) is 0 Å². The number of amides is 1. The number of anilines is 1. The molecule has 0 fully saturated rings. The Balaban J connectivity index is 2.03. The molecule has 1 aliphatic heterocycles. The second-order valence-electron chi connectivity index (χ2n) is 6.71. The first-order valence-corrected chi connectivity index (χ1v) is 9.40. The maximum atomic E-state index is 12.8. The van der Waals surface area contributed by atoms with Crippen molar-refractivity contribution in [1.82, 2.24) is 4.90 Å². The number of hydrogen-bond acceptors (Lipinski definition) is 7. The summed E-state index contributed by atoms with van der Waals surface area (Å²) in [5, 5.41) is 21.6. The summed E-state index contributed by atoms with van der Waals surface area (Å²) in [7, 11) is 2.75. The smallest absolute Gasteiger partial charge is 0.337 e. The second kappa shape index (κ2) is 9.31. The third-order valence-electron chi connectivity index (χ3n) is 4.89. The minimum atomic E-state index is -1.19. The number of methoxy groups -OCH3 is 2. The number of carbonyl (C=O) groups excluding carboxylic acids is 2. The highest BCUT2D eigenvalue weighted by molar-refractivity contribution is 6.09. The minimum absolute atomic E-state index is 0.0299. The summed E-state index contributed by atoms with van der Waals surface area (Å²) < 4.78 is 9.92. The fourth-order valence-corrected chi connectivity index (χ4v) is 3.28. The number of β-amino-alcohol motifs (C(OH)–C–C–N with tert-alkyl or cyclic N) is 1. The van der Waals surface area contributed by atoms with Gasteiger partial charge in [-0.25, -0.2) is 9.59 Å². The molecule has 1 amide bonds. The average molecular weight is 426 g/mol. The summed E-state index contributed by atoms with van der Waals surface area (Å²) >= 11 is 0. The first-order chi connectivity index (χ1) is 14.9. The molecule has 2 aromatic carbocycles. The molecule has 162 valence electrons. The van der Waals surface area contributed by atoms with Gasteiger partial charge in [-0.05, 0) is 35.4 Å². The van der Waals surface area contributed by atoms with Crippen LogP contribution in [0.2, 0.25) is 0 Å². The summed E-state index contributed by atoms with van der Waals surface area (Å²) in [5.41, 5.74) is 1.58. The van der Waals surface area contributed by atoms with Gasteiger partial charge in [0.25, 0.3) is 5.91 Å². The molecule has 1 heterocycles. The van der Waals surface area contributed by atoms with E-state index < -0.39 is 17.8 Å². The summed E-state index contributed by atoms with van der Waals surface area (Å²) in [4.78, 5) is 38.0. The molecule has 3 rings (SSSR count). The number of carbonyl (C=O) groups is 3. The van der Waals surface area contributed by atoms with Crippen LogP contribution in [0.1, 0.15) is 10.4 Å². The molecule has 0 atom stereocenters. The van der Waals surface area contributed by atoms with Gasteiger partial charge < -0.3 is 29.9 Å². The van der Waals surface area contributed by atoms with Gasteiger partial charge in [0.2, 0.25) is 0 Å². The molecule has 0 radical (unpaired) electrons. The van der Waals surface area contributed by atoms with E-state index in [0.29, 0.717) is 11.3 Å². The van der Waals surface area contributed by atoms with Crippen molar-refractivity contribution in [2.75, 3.05) is 39.2 Å². The van der Waals surface area contributed by atoms with E-state index in [-0.39, 0.29) is 42.2 Å². The Morgan fingerprint density at radius 1 is 1.10 bits per heavy atom. The van der Waals surface area contributed by atoms with Gasteiger partial charge in [-0.3, -0.25) is 4.79 Å². The van der Waals surface area contributed by atoms with Crippen LogP contribution in [-0.4, -0.2) is 66.9 Å². The number of benzene rings is 2. The van der Waals surface area contributed by atoms with Gasteiger partial charge >= 0.3 is 11.9 Å². The number of esters is 1. The topological polar surface area (TPSA) is 125 Å². The number of aliphatic hydroxyl groups is 1. The molecule has 2 aromatic rings. The maximum Gasteiger partial charge on any atom is 0.337 e. The van der Waals surface area contributed by atoms with Crippen LogP contribution >= 0.6 is 0 Å². The molecule has 9 nitrogen and oxygen atoms in total. The van der Waals surface area contributed by atoms with E-state index in [1.807, 2.05) is 12.1 Å². The first-order valence-electron chi connectivity index (χ1n) is 9.40. The zero-order valence-corrected chi connectivity index (χ0v) is 17.0. The number of carboxylic acid groups (broad SMARTS) is 1. The molecule has 0 bridgehead atoms. The highest BCUT2D eigenvalue weighted by Crippen LogP contribution is 2.30. The normalized spacial score (nSPS) is 13.4. The predicted octanol–water partition coefficient (Wildman–Crippen LogP) is 1.73. The van der Waals surface area contributed by atoms with Gasteiger partial charge in [-0.2, -0.15) is 0 Å². The molecule has 0 aromatic heterocycles. The van der Waals surface area contributed by atoms with Crippen LogP contribution in [0.5, 0.6) is 5.75 Å². The standard InChI is InChI=1S/C22H22N2O7/c1-30-15-6-3-13(4-7-15)14-5-8-16(21(27)28)18(11-14)23-19-17(22(29)31-2)12-24(9-10-25)20(19)26/h3-8,11,23,25H,9-10,12H2,1-2H3,(H,27,28). The molecule has 0 unspecified atom stereocenters. The Morgan fingerprint density at radius 3 is 2.35 bits per heavy atom. The first kappa shape index (κ1) is 21.8. The third-order valence-corrected chi connectivity index (χ3v) is 4.89. The number of ether oxygens (including phenoxy) is 2. The Morgan fingerprint density at radius 2 is 1.77 bits per heavy atom. The van der Waals surface area contributed by atoms with Crippen molar-refractivity contribution in [2.24, 2.45) is 0 Å². The van der Waals surface area contributed by atoms with E-state index in [4.69, 9.17) is 9.47 Å². The van der Waals surface area contributed by atoms with E-state index in [0.717, 1.165) is 5.56 Å². The van der Waals surface area contributed by atoms with Crippen molar-refractivity contribution in [3.8, 4) is 16.9 Å². The van der Waals surface area contributed by atoms with Crippen LogP contribution in [0, 0.1) is 0 Å². The monoisotopic (exact) mass is 426 g/mol. The summed E-state index contributed by atoms with van der Waals surface area (Å²) in [6, 6.07) is 11.9. The summed E-state index contributed by atoms with van der Waals surface area (Å²) in [6.45, 7) is -0.294. The molecule has 1 aliphatic rings. The lowest BCUT2D eigenvalue weighted by atomic mass is 10.0. The molecule has 0 spiro atoms. The lowest BCUT2D eigenvalue weighted by Gasteiger charge is -2.16. The van der Waals surface area contributed by atoms with Crippen LogP contribution < -0.4 is 10.1 Å². The number of nitrogens with one attached hydrogen (secondary N) is 1. The van der Waals surface area contributed by atoms with E-state index in [2.05, 4.69) is 5.32 Å². The Bertz CT molecular complexity index is 1040. The SMILES string of the molecule is COC(=O)C1=C(Nc2cc(-c3ccc(OC)cc3)ccc2C(=O)O)C(=O)N(CCO)C1. The third kappa shape index (κ3) is 4.51. The average Bonchev–Trinajstić information content (AvgIpc) is 3.08. The van der Waals surface area contributed by atoms with Crippen molar-refractivity contribution in [2.45, 2.75) is 0 Å². The molecular weight excluding hydrogens is 404 g/mol. The fourth-order valence-electron chi connectivity index (χ4n) is 3.28. The molecule has 31 heavy (non-hydrogen) atoms. The molecule has 0 saturated carbocycles. The Hall–Kier alpha value is -3.85.